The fraction of sp³-hybridized carbons (Fsp3) is 0.150. The minimum atomic E-state index is -0.586. The average Bonchev–Trinajstić information content (AvgIpc) is 2.60. The lowest BCUT2D eigenvalue weighted by atomic mass is 9.86. The Bertz CT molecular complexity index is 886. The molecule has 122 valence electrons. The van der Waals surface area contributed by atoms with Crippen molar-refractivity contribution in [2.75, 3.05) is 0 Å². The third-order valence-corrected chi connectivity index (χ3v) is 4.21. The summed E-state index contributed by atoms with van der Waals surface area (Å²) in [5.74, 6) is -0.437. The normalized spacial score (nSPS) is 12.0. The number of hydrogen-bond acceptors (Lipinski definition) is 3. The number of benzene rings is 2. The summed E-state index contributed by atoms with van der Waals surface area (Å²) < 4.78 is 0.593. The van der Waals surface area contributed by atoms with Crippen molar-refractivity contribution in [3.8, 4) is 5.75 Å². The Balaban J connectivity index is 2.16. The molecule has 1 unspecified atom stereocenters. The van der Waals surface area contributed by atoms with E-state index in [2.05, 4.69) is 0 Å². The molecule has 0 bridgehead atoms. The van der Waals surface area contributed by atoms with Crippen LogP contribution in [-0.4, -0.2) is 15.0 Å². The Morgan fingerprint density at radius 3 is 2.21 bits per heavy atom. The second kappa shape index (κ2) is 6.62. The lowest BCUT2D eigenvalue weighted by Gasteiger charge is -2.19. The van der Waals surface area contributed by atoms with Crippen molar-refractivity contribution in [1.82, 2.24) is 4.73 Å². The first-order valence-corrected chi connectivity index (χ1v) is 7.81. The van der Waals surface area contributed by atoms with Crippen molar-refractivity contribution >= 4 is 0 Å². The molecule has 24 heavy (non-hydrogen) atoms. The van der Waals surface area contributed by atoms with Crippen molar-refractivity contribution in [3.63, 3.8) is 0 Å². The Hall–Kier alpha value is -3.01. The Kier molecular flexibility index (Phi) is 4.38. The van der Waals surface area contributed by atoms with Gasteiger partial charge in [0.05, 0.1) is 11.3 Å². The van der Waals surface area contributed by atoms with Gasteiger partial charge >= 0.3 is 0 Å². The predicted octanol–water partition coefficient (Wildman–Crippen LogP) is 3.47. The van der Waals surface area contributed by atoms with Crippen LogP contribution < -0.4 is 5.56 Å². The van der Waals surface area contributed by atoms with Crippen LogP contribution in [0.2, 0.25) is 0 Å². The van der Waals surface area contributed by atoms with Gasteiger partial charge in [-0.25, -0.2) is 0 Å². The molecule has 0 spiro atoms. The molecule has 0 aliphatic rings. The lowest BCUT2D eigenvalue weighted by Crippen LogP contribution is -2.26. The number of aromatic nitrogens is 1. The van der Waals surface area contributed by atoms with E-state index < -0.39 is 5.56 Å². The zero-order valence-corrected chi connectivity index (χ0v) is 13.4. The van der Waals surface area contributed by atoms with Crippen molar-refractivity contribution < 1.29 is 10.3 Å². The Labute approximate surface area is 140 Å². The van der Waals surface area contributed by atoms with Crippen molar-refractivity contribution in [1.29, 1.82) is 0 Å². The fourth-order valence-corrected chi connectivity index (χ4v) is 2.97. The van der Waals surface area contributed by atoms with Gasteiger partial charge in [-0.1, -0.05) is 60.7 Å². The Morgan fingerprint density at radius 1 is 1.00 bits per heavy atom. The third-order valence-electron chi connectivity index (χ3n) is 4.21. The van der Waals surface area contributed by atoms with Gasteiger partial charge in [0, 0.05) is 12.0 Å². The lowest BCUT2D eigenvalue weighted by molar-refractivity contribution is 0.165. The van der Waals surface area contributed by atoms with E-state index in [-0.39, 0.29) is 17.2 Å². The second-order valence-electron chi connectivity index (χ2n) is 5.85. The summed E-state index contributed by atoms with van der Waals surface area (Å²) in [5.41, 5.74) is 1.89. The van der Waals surface area contributed by atoms with Gasteiger partial charge in [0.1, 0.15) is 5.75 Å². The molecule has 0 aliphatic heterocycles. The SMILES string of the molecule is Cc1cc(O)c(C(Cc2ccccc2)c2ccccc2)c(=O)n1O. The molecule has 0 aliphatic carbocycles. The number of nitrogens with zero attached hydrogens (tertiary/aromatic N) is 1. The van der Waals surface area contributed by atoms with Gasteiger partial charge < -0.3 is 10.3 Å². The maximum Gasteiger partial charge on any atom is 0.290 e. The fourth-order valence-electron chi connectivity index (χ4n) is 2.97. The predicted molar refractivity (Wildman–Crippen MR) is 92.7 cm³/mol. The maximum absolute atomic E-state index is 12.6. The molecule has 0 fully saturated rings. The number of aromatic hydroxyl groups is 1. The van der Waals surface area contributed by atoms with Crippen LogP contribution in [0.1, 0.15) is 28.3 Å². The number of pyridine rings is 1. The van der Waals surface area contributed by atoms with E-state index in [1.165, 1.54) is 6.07 Å². The molecule has 1 aromatic heterocycles. The molecule has 2 N–H and O–H groups in total. The summed E-state index contributed by atoms with van der Waals surface area (Å²) in [6, 6.07) is 20.8. The highest BCUT2D eigenvalue weighted by Crippen LogP contribution is 2.32. The quantitative estimate of drug-likeness (QED) is 0.723. The minimum absolute atomic E-state index is 0.0902. The minimum Gasteiger partial charge on any atom is -0.507 e. The topological polar surface area (TPSA) is 62.5 Å². The molecule has 1 atom stereocenters. The molecule has 4 heteroatoms. The maximum atomic E-state index is 12.6. The van der Waals surface area contributed by atoms with Crippen LogP contribution in [0.5, 0.6) is 5.75 Å². The van der Waals surface area contributed by atoms with Crippen LogP contribution in [-0.2, 0) is 6.42 Å². The van der Waals surface area contributed by atoms with Crippen LogP contribution in [0.3, 0.4) is 0 Å². The molecule has 3 aromatic rings. The monoisotopic (exact) mass is 321 g/mol. The van der Waals surface area contributed by atoms with Crippen LogP contribution >= 0.6 is 0 Å². The Morgan fingerprint density at radius 2 is 1.58 bits per heavy atom. The van der Waals surface area contributed by atoms with Gasteiger partial charge in [-0.3, -0.25) is 4.79 Å². The molecule has 1 heterocycles. The molecule has 2 aromatic carbocycles. The molecule has 0 radical (unpaired) electrons. The van der Waals surface area contributed by atoms with Gasteiger partial charge in [0.15, 0.2) is 0 Å². The standard InChI is InChI=1S/C20H19NO3/c1-14-12-18(22)19(20(23)21(14)24)17(16-10-6-3-7-11-16)13-15-8-4-2-5-9-15/h2-12,17,22,24H,13H2,1H3. The third kappa shape index (κ3) is 3.04. The number of rotatable bonds is 4. The van der Waals surface area contributed by atoms with E-state index in [1.807, 2.05) is 60.7 Å². The first-order chi connectivity index (χ1) is 11.6. The summed E-state index contributed by atoms with van der Waals surface area (Å²) in [6.45, 7) is 1.57. The van der Waals surface area contributed by atoms with Crippen LogP contribution in [0.25, 0.3) is 0 Å². The highest BCUT2D eigenvalue weighted by molar-refractivity contribution is 5.42. The zero-order valence-electron chi connectivity index (χ0n) is 13.4. The smallest absolute Gasteiger partial charge is 0.290 e. The molecular formula is C20H19NO3. The zero-order chi connectivity index (χ0) is 17.1. The van der Waals surface area contributed by atoms with Gasteiger partial charge in [-0.2, -0.15) is 4.73 Å². The summed E-state index contributed by atoms with van der Waals surface area (Å²) >= 11 is 0. The molecular weight excluding hydrogens is 302 g/mol. The van der Waals surface area contributed by atoms with E-state index in [1.54, 1.807) is 6.92 Å². The first-order valence-electron chi connectivity index (χ1n) is 7.81. The van der Waals surface area contributed by atoms with Gasteiger partial charge in [0.2, 0.25) is 0 Å². The summed E-state index contributed by atoms with van der Waals surface area (Å²) in [7, 11) is 0. The summed E-state index contributed by atoms with van der Waals surface area (Å²) in [5, 5.41) is 20.3. The van der Waals surface area contributed by atoms with E-state index in [0.29, 0.717) is 16.8 Å². The summed E-state index contributed by atoms with van der Waals surface area (Å²) in [4.78, 5) is 12.6. The van der Waals surface area contributed by atoms with E-state index >= 15 is 0 Å². The van der Waals surface area contributed by atoms with Crippen LogP contribution in [0.15, 0.2) is 71.5 Å². The first kappa shape index (κ1) is 15.9. The second-order valence-corrected chi connectivity index (χ2v) is 5.85. The van der Waals surface area contributed by atoms with Crippen molar-refractivity contribution in [3.05, 3.63) is 99.5 Å². The average molecular weight is 321 g/mol. The van der Waals surface area contributed by atoms with Gasteiger partial charge in [0.25, 0.3) is 5.56 Å². The van der Waals surface area contributed by atoms with E-state index in [0.717, 1.165) is 11.1 Å². The van der Waals surface area contributed by atoms with E-state index in [4.69, 9.17) is 0 Å². The van der Waals surface area contributed by atoms with Crippen LogP contribution in [0.4, 0.5) is 0 Å². The molecule has 0 saturated heterocycles. The highest BCUT2D eigenvalue weighted by Gasteiger charge is 2.24. The van der Waals surface area contributed by atoms with Crippen LogP contribution in [0, 0.1) is 6.92 Å². The van der Waals surface area contributed by atoms with Crippen molar-refractivity contribution in [2.45, 2.75) is 19.3 Å². The van der Waals surface area contributed by atoms with E-state index in [9.17, 15) is 15.1 Å². The van der Waals surface area contributed by atoms with Gasteiger partial charge in [-0.05, 0) is 24.5 Å². The number of aryl methyl sites for hydroxylation is 1. The molecule has 0 amide bonds. The largest absolute Gasteiger partial charge is 0.507 e. The highest BCUT2D eigenvalue weighted by atomic mass is 16.5. The summed E-state index contributed by atoms with van der Waals surface area (Å²) in [6.07, 6.45) is 0.552. The van der Waals surface area contributed by atoms with Crippen molar-refractivity contribution in [2.24, 2.45) is 0 Å². The molecule has 0 saturated carbocycles. The number of hydrogen-bond donors (Lipinski definition) is 2. The molecule has 4 nitrogen and oxygen atoms in total. The molecule has 3 rings (SSSR count). The van der Waals surface area contributed by atoms with Gasteiger partial charge in [-0.15, -0.1) is 0 Å².